The molecule has 7 nitrogen and oxygen atoms in total. The number of sulfonamides is 1. The van der Waals surface area contributed by atoms with Gasteiger partial charge in [-0.3, -0.25) is 10.1 Å². The van der Waals surface area contributed by atoms with E-state index in [0.29, 0.717) is 12.3 Å². The number of nitro benzene ring substituents is 1. The highest BCUT2D eigenvalue weighted by Crippen LogP contribution is 2.21. The fourth-order valence-electron chi connectivity index (χ4n) is 2.24. The standard InChI is InChI=1S/C12H16FN3O4S/c13-11-2-1-10(7-12(11)16(17)18)21(19,20)15-6-4-9-3-5-14-8-9/h1-2,7,9,14-15H,3-6,8H2. The minimum Gasteiger partial charge on any atom is -0.316 e. The summed E-state index contributed by atoms with van der Waals surface area (Å²) in [6, 6.07) is 2.53. The van der Waals surface area contributed by atoms with Gasteiger partial charge in [-0.2, -0.15) is 4.39 Å². The fourth-order valence-corrected chi connectivity index (χ4v) is 3.31. The number of rotatable bonds is 6. The van der Waals surface area contributed by atoms with Crippen LogP contribution in [0.3, 0.4) is 0 Å². The lowest BCUT2D eigenvalue weighted by Gasteiger charge is -2.10. The third kappa shape index (κ3) is 3.96. The van der Waals surface area contributed by atoms with Crippen molar-refractivity contribution in [2.45, 2.75) is 17.7 Å². The van der Waals surface area contributed by atoms with Crippen molar-refractivity contribution in [2.24, 2.45) is 5.92 Å². The number of nitro groups is 1. The first kappa shape index (κ1) is 15.8. The molecule has 21 heavy (non-hydrogen) atoms. The lowest BCUT2D eigenvalue weighted by Crippen LogP contribution is -2.26. The molecular weight excluding hydrogens is 301 g/mol. The van der Waals surface area contributed by atoms with Gasteiger partial charge in [-0.05, 0) is 44.0 Å². The van der Waals surface area contributed by atoms with Crippen LogP contribution in [0, 0.1) is 21.8 Å². The molecule has 0 bridgehead atoms. The topological polar surface area (TPSA) is 101 Å². The normalized spacial score (nSPS) is 18.8. The van der Waals surface area contributed by atoms with E-state index in [1.165, 1.54) is 0 Å². The highest BCUT2D eigenvalue weighted by atomic mass is 32.2. The van der Waals surface area contributed by atoms with E-state index >= 15 is 0 Å². The molecule has 9 heteroatoms. The van der Waals surface area contributed by atoms with Gasteiger partial charge in [-0.1, -0.05) is 0 Å². The molecule has 0 radical (unpaired) electrons. The molecule has 116 valence electrons. The summed E-state index contributed by atoms with van der Waals surface area (Å²) in [6.07, 6.45) is 1.69. The molecule has 0 aliphatic carbocycles. The summed E-state index contributed by atoms with van der Waals surface area (Å²) in [7, 11) is -3.87. The van der Waals surface area contributed by atoms with E-state index in [4.69, 9.17) is 0 Å². The maximum Gasteiger partial charge on any atom is 0.306 e. The molecule has 1 unspecified atom stereocenters. The second-order valence-electron chi connectivity index (χ2n) is 4.92. The van der Waals surface area contributed by atoms with Gasteiger partial charge in [-0.25, -0.2) is 13.1 Å². The van der Waals surface area contributed by atoms with Crippen LogP contribution in [0.25, 0.3) is 0 Å². The zero-order valence-corrected chi connectivity index (χ0v) is 12.0. The fraction of sp³-hybridized carbons (Fsp3) is 0.500. The minimum atomic E-state index is -3.87. The van der Waals surface area contributed by atoms with E-state index in [-0.39, 0.29) is 11.4 Å². The Morgan fingerprint density at radius 2 is 2.24 bits per heavy atom. The van der Waals surface area contributed by atoms with Crippen molar-refractivity contribution in [3.8, 4) is 0 Å². The average Bonchev–Trinajstić information content (AvgIpc) is 2.91. The van der Waals surface area contributed by atoms with Gasteiger partial charge in [-0.15, -0.1) is 0 Å². The Labute approximate surface area is 121 Å². The van der Waals surface area contributed by atoms with Crippen LogP contribution in [0.4, 0.5) is 10.1 Å². The van der Waals surface area contributed by atoms with Gasteiger partial charge in [0.15, 0.2) is 0 Å². The highest BCUT2D eigenvalue weighted by molar-refractivity contribution is 7.89. The monoisotopic (exact) mass is 317 g/mol. The lowest BCUT2D eigenvalue weighted by molar-refractivity contribution is -0.387. The lowest BCUT2D eigenvalue weighted by atomic mass is 10.1. The predicted octanol–water partition coefficient (Wildman–Crippen LogP) is 1.01. The first-order valence-electron chi connectivity index (χ1n) is 6.54. The highest BCUT2D eigenvalue weighted by Gasteiger charge is 2.22. The first-order chi connectivity index (χ1) is 9.90. The summed E-state index contributed by atoms with van der Waals surface area (Å²) in [4.78, 5) is 9.38. The van der Waals surface area contributed by atoms with Crippen LogP contribution in [0.5, 0.6) is 0 Å². The van der Waals surface area contributed by atoms with Crippen LogP contribution in [-0.4, -0.2) is 33.0 Å². The van der Waals surface area contributed by atoms with E-state index in [1.54, 1.807) is 0 Å². The molecule has 1 aliphatic heterocycles. The number of halogens is 1. The summed E-state index contributed by atoms with van der Waals surface area (Å²) >= 11 is 0. The number of hydrogen-bond acceptors (Lipinski definition) is 5. The summed E-state index contributed by atoms with van der Waals surface area (Å²) in [5.41, 5.74) is -0.849. The molecule has 1 fully saturated rings. The van der Waals surface area contributed by atoms with Crippen LogP contribution < -0.4 is 10.0 Å². The second kappa shape index (κ2) is 6.46. The molecule has 1 aromatic rings. The van der Waals surface area contributed by atoms with Crippen LogP contribution in [-0.2, 0) is 10.0 Å². The molecule has 1 atom stereocenters. The predicted molar refractivity (Wildman–Crippen MR) is 73.8 cm³/mol. The first-order valence-corrected chi connectivity index (χ1v) is 8.03. The maximum absolute atomic E-state index is 13.2. The summed E-state index contributed by atoms with van der Waals surface area (Å²) in [5.74, 6) is -0.633. The molecule has 1 heterocycles. The Balaban J connectivity index is 2.04. The van der Waals surface area contributed by atoms with E-state index in [0.717, 1.165) is 37.7 Å². The summed E-state index contributed by atoms with van der Waals surface area (Å²) in [5, 5.41) is 13.8. The van der Waals surface area contributed by atoms with Gasteiger partial charge in [0, 0.05) is 12.6 Å². The van der Waals surface area contributed by atoms with Crippen molar-refractivity contribution < 1.29 is 17.7 Å². The molecular formula is C12H16FN3O4S. The smallest absolute Gasteiger partial charge is 0.306 e. The summed E-state index contributed by atoms with van der Waals surface area (Å²) in [6.45, 7) is 2.05. The Morgan fingerprint density at radius 1 is 1.48 bits per heavy atom. The number of hydrogen-bond donors (Lipinski definition) is 2. The molecule has 1 aromatic carbocycles. The Kier molecular flexibility index (Phi) is 4.86. The Morgan fingerprint density at radius 3 is 2.86 bits per heavy atom. The molecule has 2 rings (SSSR count). The second-order valence-corrected chi connectivity index (χ2v) is 6.68. The number of nitrogens with zero attached hydrogens (tertiary/aromatic N) is 1. The number of benzene rings is 1. The molecule has 1 saturated heterocycles. The van der Waals surface area contributed by atoms with Gasteiger partial charge in [0.25, 0.3) is 0 Å². The van der Waals surface area contributed by atoms with E-state index in [1.807, 2.05) is 0 Å². The molecule has 0 spiro atoms. The molecule has 0 amide bonds. The number of nitrogens with one attached hydrogen (secondary N) is 2. The average molecular weight is 317 g/mol. The van der Waals surface area contributed by atoms with Crippen molar-refractivity contribution >= 4 is 15.7 Å². The molecule has 2 N–H and O–H groups in total. The van der Waals surface area contributed by atoms with E-state index < -0.39 is 26.5 Å². The Hall–Kier alpha value is -1.58. The zero-order chi connectivity index (χ0) is 15.5. The van der Waals surface area contributed by atoms with Crippen LogP contribution in [0.15, 0.2) is 23.1 Å². The molecule has 0 aromatic heterocycles. The van der Waals surface area contributed by atoms with Gasteiger partial charge >= 0.3 is 5.69 Å². The summed E-state index contributed by atoms with van der Waals surface area (Å²) < 4.78 is 39.6. The Bertz CT molecular complexity index is 629. The van der Waals surface area contributed by atoms with Gasteiger partial charge < -0.3 is 5.32 Å². The maximum atomic E-state index is 13.2. The molecule has 1 aliphatic rings. The van der Waals surface area contributed by atoms with Crippen LogP contribution in [0.1, 0.15) is 12.8 Å². The van der Waals surface area contributed by atoms with Crippen LogP contribution in [0.2, 0.25) is 0 Å². The van der Waals surface area contributed by atoms with E-state index in [2.05, 4.69) is 10.0 Å². The SMILES string of the molecule is O=[N+]([O-])c1cc(S(=O)(=O)NCCC2CCNC2)ccc1F. The van der Waals surface area contributed by atoms with Crippen molar-refractivity contribution in [1.82, 2.24) is 10.0 Å². The minimum absolute atomic E-state index is 0.250. The third-order valence-corrected chi connectivity index (χ3v) is 4.89. The third-order valence-electron chi connectivity index (χ3n) is 3.43. The largest absolute Gasteiger partial charge is 0.316 e. The zero-order valence-electron chi connectivity index (χ0n) is 11.2. The van der Waals surface area contributed by atoms with Crippen LogP contribution >= 0.6 is 0 Å². The van der Waals surface area contributed by atoms with Gasteiger partial charge in [0.2, 0.25) is 15.8 Å². The van der Waals surface area contributed by atoms with Crippen molar-refractivity contribution in [2.75, 3.05) is 19.6 Å². The van der Waals surface area contributed by atoms with Gasteiger partial charge in [0.1, 0.15) is 0 Å². The van der Waals surface area contributed by atoms with Gasteiger partial charge in [0.05, 0.1) is 9.82 Å². The quantitative estimate of drug-likeness (QED) is 0.602. The molecule has 0 saturated carbocycles. The van der Waals surface area contributed by atoms with Crippen molar-refractivity contribution in [1.29, 1.82) is 0 Å². The van der Waals surface area contributed by atoms with Crippen molar-refractivity contribution in [3.63, 3.8) is 0 Å². The van der Waals surface area contributed by atoms with E-state index in [9.17, 15) is 22.9 Å². The van der Waals surface area contributed by atoms with Crippen molar-refractivity contribution in [3.05, 3.63) is 34.1 Å².